The number of aryl methyl sites for hydroxylation is 2. The zero-order chi connectivity index (χ0) is 13.3. The summed E-state index contributed by atoms with van der Waals surface area (Å²) in [5.41, 5.74) is 1.97. The first-order chi connectivity index (χ1) is 8.40. The molecule has 2 aromatic heterocycles. The van der Waals surface area contributed by atoms with E-state index in [1.54, 1.807) is 9.25 Å². The molecule has 0 aliphatic heterocycles. The number of halogens is 1. The lowest BCUT2D eigenvalue weighted by Crippen LogP contribution is -2.03. The maximum Gasteiger partial charge on any atom is 0.280 e. The van der Waals surface area contributed by atoms with E-state index in [0.717, 1.165) is 17.8 Å². The van der Waals surface area contributed by atoms with Crippen LogP contribution in [0.25, 0.3) is 0 Å². The van der Waals surface area contributed by atoms with E-state index in [9.17, 15) is 8.42 Å². The molecule has 6 nitrogen and oxygen atoms in total. The topological polar surface area (TPSA) is 69.8 Å². The van der Waals surface area contributed by atoms with Crippen LogP contribution < -0.4 is 0 Å². The van der Waals surface area contributed by atoms with Crippen molar-refractivity contribution in [2.75, 3.05) is 0 Å². The molecule has 0 atom stereocenters. The van der Waals surface area contributed by atoms with Crippen LogP contribution in [-0.2, 0) is 29.1 Å². The summed E-state index contributed by atoms with van der Waals surface area (Å²) in [5, 5.41) is 4.18. The van der Waals surface area contributed by atoms with Crippen molar-refractivity contribution in [3.8, 4) is 0 Å². The zero-order valence-corrected chi connectivity index (χ0v) is 11.6. The molecule has 0 bridgehead atoms. The Kier molecular flexibility index (Phi) is 3.45. The lowest BCUT2D eigenvalue weighted by atomic mass is 10.3. The first-order valence-electron chi connectivity index (χ1n) is 5.38. The van der Waals surface area contributed by atoms with Gasteiger partial charge in [-0.15, -0.1) is 0 Å². The number of imidazole rings is 1. The number of rotatable bonds is 4. The van der Waals surface area contributed by atoms with Crippen LogP contribution in [0.5, 0.6) is 0 Å². The Morgan fingerprint density at radius 1 is 1.44 bits per heavy atom. The molecule has 0 amide bonds. The van der Waals surface area contributed by atoms with Gasteiger partial charge in [0, 0.05) is 23.9 Å². The number of hydrogen-bond donors (Lipinski definition) is 0. The molecule has 0 spiro atoms. The molecule has 0 fully saturated rings. The fourth-order valence-corrected chi connectivity index (χ4v) is 2.30. The van der Waals surface area contributed by atoms with Gasteiger partial charge in [-0.05, 0) is 12.5 Å². The second kappa shape index (κ2) is 4.74. The van der Waals surface area contributed by atoms with E-state index in [1.165, 1.54) is 12.5 Å². The van der Waals surface area contributed by atoms with Crippen LogP contribution >= 0.6 is 10.7 Å². The SMILES string of the molecule is CCc1cc(Cn2cnc(S(=O)(=O)Cl)c2)n(C)n1. The summed E-state index contributed by atoms with van der Waals surface area (Å²) in [6.45, 7) is 2.53. The monoisotopic (exact) mass is 288 g/mol. The summed E-state index contributed by atoms with van der Waals surface area (Å²) in [4.78, 5) is 3.75. The van der Waals surface area contributed by atoms with E-state index in [1.807, 2.05) is 20.0 Å². The molecule has 98 valence electrons. The highest BCUT2D eigenvalue weighted by molar-refractivity contribution is 8.13. The van der Waals surface area contributed by atoms with Crippen molar-refractivity contribution in [1.82, 2.24) is 19.3 Å². The third-order valence-electron chi connectivity index (χ3n) is 2.59. The van der Waals surface area contributed by atoms with Crippen molar-refractivity contribution in [3.05, 3.63) is 30.0 Å². The van der Waals surface area contributed by atoms with Gasteiger partial charge in [0.05, 0.1) is 24.3 Å². The number of aromatic nitrogens is 4. The molecule has 2 rings (SSSR count). The van der Waals surface area contributed by atoms with E-state index in [0.29, 0.717) is 6.54 Å². The molecule has 0 radical (unpaired) electrons. The Balaban J connectivity index is 2.24. The van der Waals surface area contributed by atoms with Crippen LogP contribution in [0.2, 0.25) is 0 Å². The van der Waals surface area contributed by atoms with E-state index in [-0.39, 0.29) is 5.03 Å². The molecule has 0 saturated carbocycles. The molecule has 0 N–H and O–H groups in total. The molecule has 18 heavy (non-hydrogen) atoms. The molecule has 0 aliphatic rings. The lowest BCUT2D eigenvalue weighted by molar-refractivity contribution is 0.606. The highest BCUT2D eigenvalue weighted by Crippen LogP contribution is 2.13. The fourth-order valence-electron chi connectivity index (χ4n) is 1.63. The molecule has 0 saturated heterocycles. The first kappa shape index (κ1) is 13.1. The standard InChI is InChI=1S/C10H13ClN4O2S/c1-3-8-4-9(14(2)13-8)5-15-6-10(12-7-15)18(11,16)17/h4,6-7H,3,5H2,1-2H3. The van der Waals surface area contributed by atoms with Crippen LogP contribution in [0.15, 0.2) is 23.6 Å². The number of hydrogen-bond acceptors (Lipinski definition) is 4. The summed E-state index contributed by atoms with van der Waals surface area (Å²) in [5.74, 6) is 0. The van der Waals surface area contributed by atoms with E-state index >= 15 is 0 Å². The van der Waals surface area contributed by atoms with E-state index < -0.39 is 9.05 Å². The maximum absolute atomic E-state index is 11.1. The van der Waals surface area contributed by atoms with Crippen molar-refractivity contribution in [2.24, 2.45) is 7.05 Å². The maximum atomic E-state index is 11.1. The van der Waals surface area contributed by atoms with Gasteiger partial charge in [-0.3, -0.25) is 4.68 Å². The molecule has 2 aromatic rings. The minimum atomic E-state index is -3.77. The Labute approximate surface area is 110 Å². The third-order valence-corrected chi connectivity index (χ3v) is 3.78. The predicted octanol–water partition coefficient (Wildman–Crippen LogP) is 1.15. The fraction of sp³-hybridized carbons (Fsp3) is 0.400. The van der Waals surface area contributed by atoms with Gasteiger partial charge in [0.25, 0.3) is 9.05 Å². The van der Waals surface area contributed by atoms with Gasteiger partial charge in [0.2, 0.25) is 0 Å². The highest BCUT2D eigenvalue weighted by Gasteiger charge is 2.14. The van der Waals surface area contributed by atoms with Gasteiger partial charge in [0.1, 0.15) is 0 Å². The van der Waals surface area contributed by atoms with Crippen LogP contribution in [0.4, 0.5) is 0 Å². The Hall–Kier alpha value is -1.34. The normalized spacial score (nSPS) is 11.9. The van der Waals surface area contributed by atoms with Gasteiger partial charge in [-0.2, -0.15) is 5.10 Å². The van der Waals surface area contributed by atoms with Crippen molar-refractivity contribution < 1.29 is 8.42 Å². The third kappa shape index (κ3) is 2.73. The molecule has 0 aromatic carbocycles. The van der Waals surface area contributed by atoms with Crippen LogP contribution in [0.1, 0.15) is 18.3 Å². The number of nitrogens with zero attached hydrogens (tertiary/aromatic N) is 4. The first-order valence-corrected chi connectivity index (χ1v) is 7.69. The van der Waals surface area contributed by atoms with Crippen LogP contribution in [0, 0.1) is 0 Å². The summed E-state index contributed by atoms with van der Waals surface area (Å²) >= 11 is 0. The van der Waals surface area contributed by atoms with E-state index in [4.69, 9.17) is 10.7 Å². The average Bonchev–Trinajstić information content (AvgIpc) is 2.86. The minimum Gasteiger partial charge on any atom is -0.330 e. The van der Waals surface area contributed by atoms with Crippen LogP contribution in [0.3, 0.4) is 0 Å². The predicted molar refractivity (Wildman–Crippen MR) is 67.0 cm³/mol. The van der Waals surface area contributed by atoms with Gasteiger partial charge < -0.3 is 4.57 Å². The molecular weight excluding hydrogens is 276 g/mol. The Morgan fingerprint density at radius 2 is 2.17 bits per heavy atom. The molecule has 2 heterocycles. The lowest BCUT2D eigenvalue weighted by Gasteiger charge is -2.01. The molecule has 8 heteroatoms. The van der Waals surface area contributed by atoms with E-state index in [2.05, 4.69) is 10.1 Å². The Bertz CT molecular complexity index is 659. The second-order valence-corrected chi connectivity index (χ2v) is 6.44. The molecule has 0 unspecified atom stereocenters. The smallest absolute Gasteiger partial charge is 0.280 e. The van der Waals surface area contributed by atoms with Crippen molar-refractivity contribution in [1.29, 1.82) is 0 Å². The largest absolute Gasteiger partial charge is 0.330 e. The summed E-state index contributed by atoms with van der Waals surface area (Å²) < 4.78 is 25.6. The molecular formula is C10H13ClN4O2S. The quantitative estimate of drug-likeness (QED) is 0.792. The average molecular weight is 289 g/mol. The zero-order valence-electron chi connectivity index (χ0n) is 10.0. The van der Waals surface area contributed by atoms with Gasteiger partial charge in [0.15, 0.2) is 5.03 Å². The second-order valence-electron chi connectivity index (χ2n) is 3.93. The highest BCUT2D eigenvalue weighted by atomic mass is 35.7. The van der Waals surface area contributed by atoms with Crippen molar-refractivity contribution in [2.45, 2.75) is 24.9 Å². The summed E-state index contributed by atoms with van der Waals surface area (Å²) in [6, 6.07) is 1.98. The minimum absolute atomic E-state index is 0.137. The van der Waals surface area contributed by atoms with Gasteiger partial charge in [-0.1, -0.05) is 6.92 Å². The van der Waals surface area contributed by atoms with Crippen LogP contribution in [-0.4, -0.2) is 27.7 Å². The summed E-state index contributed by atoms with van der Waals surface area (Å²) in [7, 11) is 3.30. The Morgan fingerprint density at radius 3 is 2.67 bits per heavy atom. The van der Waals surface area contributed by atoms with Crippen molar-refractivity contribution >= 4 is 19.7 Å². The molecule has 0 aliphatic carbocycles. The van der Waals surface area contributed by atoms with Gasteiger partial charge >= 0.3 is 0 Å². The van der Waals surface area contributed by atoms with Gasteiger partial charge in [-0.25, -0.2) is 13.4 Å². The summed E-state index contributed by atoms with van der Waals surface area (Å²) in [6.07, 6.45) is 3.70. The van der Waals surface area contributed by atoms with Crippen molar-refractivity contribution in [3.63, 3.8) is 0 Å².